The van der Waals surface area contributed by atoms with Gasteiger partial charge in [0.1, 0.15) is 0 Å². The molecule has 0 radical (unpaired) electrons. The smallest absolute Gasteiger partial charge is 0.251 e. The Bertz CT molecular complexity index is 628. The molecule has 0 unspecified atom stereocenters. The predicted molar refractivity (Wildman–Crippen MR) is 85.9 cm³/mol. The van der Waals surface area contributed by atoms with Crippen molar-refractivity contribution in [3.8, 4) is 0 Å². The summed E-state index contributed by atoms with van der Waals surface area (Å²) in [6, 6.07) is 12.6. The molecule has 3 nitrogen and oxygen atoms in total. The van der Waals surface area contributed by atoms with E-state index in [4.69, 9.17) is 17.3 Å². The maximum absolute atomic E-state index is 12.1. The highest BCUT2D eigenvalue weighted by Gasteiger charge is 2.12. The average molecular weight is 354 g/mol. The van der Waals surface area contributed by atoms with Crippen LogP contribution in [0.15, 0.2) is 46.9 Å². The molecule has 0 spiro atoms. The fourth-order valence-electron chi connectivity index (χ4n) is 1.80. The lowest BCUT2D eigenvalue weighted by Gasteiger charge is -2.15. The first-order valence-corrected chi connectivity index (χ1v) is 7.26. The highest BCUT2D eigenvalue weighted by atomic mass is 79.9. The molecule has 3 N–H and O–H groups in total. The molecule has 0 bridgehead atoms. The summed E-state index contributed by atoms with van der Waals surface area (Å²) >= 11 is 9.22. The normalized spacial score (nSPS) is 11.9. The van der Waals surface area contributed by atoms with Crippen LogP contribution in [0, 0.1) is 0 Å². The second kappa shape index (κ2) is 6.29. The largest absolute Gasteiger partial charge is 0.398 e. The number of halogens is 2. The van der Waals surface area contributed by atoms with Crippen LogP contribution in [0.25, 0.3) is 0 Å². The van der Waals surface area contributed by atoms with Gasteiger partial charge in [-0.2, -0.15) is 0 Å². The molecule has 104 valence electrons. The van der Waals surface area contributed by atoms with Gasteiger partial charge in [-0.05, 0) is 42.8 Å². The molecular weight excluding hydrogens is 340 g/mol. The van der Waals surface area contributed by atoms with Crippen LogP contribution in [0.3, 0.4) is 0 Å². The summed E-state index contributed by atoms with van der Waals surface area (Å²) in [5.41, 5.74) is 7.63. The Morgan fingerprint density at radius 3 is 2.50 bits per heavy atom. The van der Waals surface area contributed by atoms with Crippen molar-refractivity contribution in [2.45, 2.75) is 13.0 Å². The van der Waals surface area contributed by atoms with Gasteiger partial charge in [-0.25, -0.2) is 0 Å². The first-order valence-electron chi connectivity index (χ1n) is 6.08. The van der Waals surface area contributed by atoms with Gasteiger partial charge in [0.2, 0.25) is 0 Å². The van der Waals surface area contributed by atoms with E-state index in [9.17, 15) is 4.79 Å². The molecule has 0 heterocycles. The van der Waals surface area contributed by atoms with Crippen molar-refractivity contribution in [1.29, 1.82) is 0 Å². The molecule has 0 saturated carbocycles. The van der Waals surface area contributed by atoms with Crippen molar-refractivity contribution in [3.05, 3.63) is 63.1 Å². The maximum atomic E-state index is 12.1. The van der Waals surface area contributed by atoms with Gasteiger partial charge in [-0.15, -0.1) is 0 Å². The summed E-state index contributed by atoms with van der Waals surface area (Å²) < 4.78 is 1.00. The Balaban J connectivity index is 2.10. The van der Waals surface area contributed by atoms with E-state index in [1.54, 1.807) is 18.2 Å². The Labute approximate surface area is 131 Å². The van der Waals surface area contributed by atoms with Gasteiger partial charge in [0.05, 0.1) is 16.8 Å². The number of amides is 1. The van der Waals surface area contributed by atoms with Crippen LogP contribution >= 0.6 is 27.5 Å². The molecule has 1 amide bonds. The minimum Gasteiger partial charge on any atom is -0.398 e. The zero-order chi connectivity index (χ0) is 14.7. The van der Waals surface area contributed by atoms with Crippen LogP contribution in [0.5, 0.6) is 0 Å². The van der Waals surface area contributed by atoms with E-state index in [1.807, 2.05) is 31.2 Å². The van der Waals surface area contributed by atoms with E-state index in [1.165, 1.54) is 0 Å². The zero-order valence-electron chi connectivity index (χ0n) is 10.9. The molecule has 0 aliphatic carbocycles. The fraction of sp³-hybridized carbons (Fsp3) is 0.133. The number of rotatable bonds is 3. The number of carbonyl (C=O) groups is 1. The molecule has 2 rings (SSSR count). The quantitative estimate of drug-likeness (QED) is 0.813. The molecule has 2 aromatic rings. The summed E-state index contributed by atoms with van der Waals surface area (Å²) in [4.78, 5) is 12.1. The van der Waals surface area contributed by atoms with Gasteiger partial charge in [-0.3, -0.25) is 4.79 Å². The summed E-state index contributed by atoms with van der Waals surface area (Å²) in [7, 11) is 0. The van der Waals surface area contributed by atoms with Crippen molar-refractivity contribution in [3.63, 3.8) is 0 Å². The number of anilines is 1. The second-order valence-electron chi connectivity index (χ2n) is 4.48. The Morgan fingerprint density at radius 2 is 1.90 bits per heavy atom. The van der Waals surface area contributed by atoms with E-state index in [0.717, 1.165) is 10.0 Å². The molecule has 0 aliphatic rings. The second-order valence-corrected chi connectivity index (χ2v) is 5.81. The van der Waals surface area contributed by atoms with E-state index in [0.29, 0.717) is 16.3 Å². The van der Waals surface area contributed by atoms with Crippen LogP contribution in [0.1, 0.15) is 28.9 Å². The number of benzene rings is 2. The van der Waals surface area contributed by atoms with Crippen molar-refractivity contribution in [2.75, 3.05) is 5.73 Å². The van der Waals surface area contributed by atoms with Crippen molar-refractivity contribution < 1.29 is 4.79 Å². The Hall–Kier alpha value is -1.52. The first-order chi connectivity index (χ1) is 9.47. The molecular formula is C15H14BrClN2O. The number of hydrogen-bond acceptors (Lipinski definition) is 2. The van der Waals surface area contributed by atoms with Crippen LogP contribution in [0.4, 0.5) is 5.69 Å². The van der Waals surface area contributed by atoms with Crippen molar-refractivity contribution in [1.82, 2.24) is 5.32 Å². The lowest BCUT2D eigenvalue weighted by Crippen LogP contribution is -2.26. The first kappa shape index (κ1) is 14.9. The van der Waals surface area contributed by atoms with Crippen molar-refractivity contribution >= 4 is 39.1 Å². The van der Waals surface area contributed by atoms with Gasteiger partial charge in [-0.1, -0.05) is 39.7 Å². The number of hydrogen-bond donors (Lipinski definition) is 2. The van der Waals surface area contributed by atoms with E-state index in [-0.39, 0.29) is 11.9 Å². The average Bonchev–Trinajstić information content (AvgIpc) is 2.42. The highest BCUT2D eigenvalue weighted by molar-refractivity contribution is 9.10. The third-order valence-electron chi connectivity index (χ3n) is 2.98. The monoisotopic (exact) mass is 352 g/mol. The van der Waals surface area contributed by atoms with E-state index >= 15 is 0 Å². The maximum Gasteiger partial charge on any atom is 0.251 e. The molecule has 0 aliphatic heterocycles. The van der Waals surface area contributed by atoms with Crippen LogP contribution in [-0.2, 0) is 0 Å². The molecule has 0 saturated heterocycles. The molecule has 0 fully saturated rings. The van der Waals surface area contributed by atoms with Crippen LogP contribution < -0.4 is 11.1 Å². The number of nitrogen functional groups attached to an aromatic ring is 1. The molecule has 1 atom stereocenters. The third kappa shape index (κ3) is 3.52. The zero-order valence-corrected chi connectivity index (χ0v) is 13.2. The standard InChI is InChI=1S/C15H14BrClN2O/c1-9(10-2-5-12(16)6-3-10)19-15(20)11-4-7-13(17)14(18)8-11/h2-9H,18H2,1H3,(H,19,20)/t9-/m1/s1. The Morgan fingerprint density at radius 1 is 1.25 bits per heavy atom. The summed E-state index contributed by atoms with van der Waals surface area (Å²) in [6.07, 6.45) is 0. The van der Waals surface area contributed by atoms with Gasteiger partial charge in [0, 0.05) is 10.0 Å². The number of nitrogens with two attached hydrogens (primary N) is 1. The topological polar surface area (TPSA) is 55.1 Å². The Kier molecular flexibility index (Phi) is 4.68. The van der Waals surface area contributed by atoms with E-state index in [2.05, 4.69) is 21.2 Å². The molecule has 0 aromatic heterocycles. The van der Waals surface area contributed by atoms with Crippen LogP contribution in [-0.4, -0.2) is 5.91 Å². The molecule has 20 heavy (non-hydrogen) atoms. The molecule has 5 heteroatoms. The van der Waals surface area contributed by atoms with Gasteiger partial charge in [0.15, 0.2) is 0 Å². The highest BCUT2D eigenvalue weighted by Crippen LogP contribution is 2.21. The van der Waals surface area contributed by atoms with E-state index < -0.39 is 0 Å². The van der Waals surface area contributed by atoms with Gasteiger partial charge >= 0.3 is 0 Å². The van der Waals surface area contributed by atoms with Crippen molar-refractivity contribution in [2.24, 2.45) is 0 Å². The summed E-state index contributed by atoms with van der Waals surface area (Å²) in [5, 5.41) is 3.37. The van der Waals surface area contributed by atoms with Gasteiger partial charge < -0.3 is 11.1 Å². The fourth-order valence-corrected chi connectivity index (χ4v) is 2.18. The summed E-state index contributed by atoms with van der Waals surface area (Å²) in [5.74, 6) is -0.177. The number of nitrogens with one attached hydrogen (secondary N) is 1. The minimum atomic E-state index is -0.177. The predicted octanol–water partition coefficient (Wildman–Crippen LogP) is 4.18. The number of carbonyl (C=O) groups excluding carboxylic acids is 1. The SMILES string of the molecule is C[C@@H](NC(=O)c1ccc(Cl)c(N)c1)c1ccc(Br)cc1. The lowest BCUT2D eigenvalue weighted by atomic mass is 10.1. The van der Waals surface area contributed by atoms with Crippen LogP contribution in [0.2, 0.25) is 5.02 Å². The third-order valence-corrected chi connectivity index (χ3v) is 3.85. The molecule has 2 aromatic carbocycles. The summed E-state index contributed by atoms with van der Waals surface area (Å²) in [6.45, 7) is 1.93. The minimum absolute atomic E-state index is 0.0903. The van der Waals surface area contributed by atoms with Gasteiger partial charge in [0.25, 0.3) is 5.91 Å². The lowest BCUT2D eigenvalue weighted by molar-refractivity contribution is 0.0940.